The van der Waals surface area contributed by atoms with Gasteiger partial charge in [-0.25, -0.2) is 0 Å². The third kappa shape index (κ3) is 4.35. The zero-order valence-electron chi connectivity index (χ0n) is 15.7. The number of carbonyl (C=O) groups is 1. The van der Waals surface area contributed by atoms with E-state index < -0.39 is 4.92 Å². The van der Waals surface area contributed by atoms with Crippen molar-refractivity contribution in [2.75, 3.05) is 33.0 Å². The second-order valence-electron chi connectivity index (χ2n) is 6.81. The number of amides is 1. The number of fused-ring (bicyclic) bond motifs is 1. The van der Waals surface area contributed by atoms with Crippen molar-refractivity contribution >= 4 is 17.7 Å². The molecule has 2 aliphatic heterocycles. The normalized spacial score (nSPS) is 16.3. The Bertz CT molecular complexity index is 939. The molecule has 2 aliphatic rings. The van der Waals surface area contributed by atoms with Gasteiger partial charge in [-0.2, -0.15) is 0 Å². The molecule has 150 valence electrons. The number of hydrogen-bond donors (Lipinski definition) is 0. The number of nitro groups is 1. The van der Waals surface area contributed by atoms with Crippen LogP contribution < -0.4 is 9.47 Å². The van der Waals surface area contributed by atoms with Crippen LogP contribution in [0.4, 0.5) is 5.69 Å². The number of aromatic nitrogens is 1. The van der Waals surface area contributed by atoms with Crippen LogP contribution in [-0.2, 0) is 11.3 Å². The van der Waals surface area contributed by atoms with Crippen LogP contribution in [0.2, 0.25) is 0 Å². The Kier molecular flexibility index (Phi) is 5.39. The highest BCUT2D eigenvalue weighted by Gasteiger charge is 2.23. The van der Waals surface area contributed by atoms with Crippen molar-refractivity contribution in [2.45, 2.75) is 6.54 Å². The second-order valence-corrected chi connectivity index (χ2v) is 6.81. The summed E-state index contributed by atoms with van der Waals surface area (Å²) in [6.45, 7) is 3.61. The molecule has 0 bridgehead atoms. The zero-order valence-corrected chi connectivity index (χ0v) is 15.7. The van der Waals surface area contributed by atoms with Gasteiger partial charge in [-0.1, -0.05) is 0 Å². The van der Waals surface area contributed by atoms with E-state index in [2.05, 4.69) is 9.88 Å². The Morgan fingerprint density at radius 2 is 1.83 bits per heavy atom. The van der Waals surface area contributed by atoms with E-state index in [-0.39, 0.29) is 18.4 Å². The van der Waals surface area contributed by atoms with Gasteiger partial charge in [0.15, 0.2) is 11.5 Å². The van der Waals surface area contributed by atoms with E-state index in [1.807, 2.05) is 12.1 Å². The van der Waals surface area contributed by atoms with E-state index in [9.17, 15) is 14.9 Å². The highest BCUT2D eigenvalue weighted by molar-refractivity contribution is 5.92. The Hall–Kier alpha value is -3.46. The molecule has 0 N–H and O–H groups in total. The summed E-state index contributed by atoms with van der Waals surface area (Å²) in [5.41, 5.74) is 1.37. The number of piperazine rings is 1. The maximum atomic E-state index is 12.5. The Morgan fingerprint density at radius 1 is 1.14 bits per heavy atom. The molecule has 3 heterocycles. The molecule has 1 fully saturated rings. The molecular weight excluding hydrogens is 376 g/mol. The van der Waals surface area contributed by atoms with Gasteiger partial charge in [0.25, 0.3) is 5.69 Å². The summed E-state index contributed by atoms with van der Waals surface area (Å²) in [5.74, 6) is 0.610. The third-order valence-electron chi connectivity index (χ3n) is 4.96. The summed E-state index contributed by atoms with van der Waals surface area (Å²) in [6.07, 6.45) is 6.39. The number of benzene rings is 1. The van der Waals surface area contributed by atoms with Gasteiger partial charge >= 0.3 is 0 Å². The molecule has 9 nitrogen and oxygen atoms in total. The van der Waals surface area contributed by atoms with Crippen LogP contribution in [0, 0.1) is 10.1 Å². The molecule has 0 unspecified atom stereocenters. The molecule has 2 aromatic rings. The Balaban J connectivity index is 1.38. The SMILES string of the molecule is O=C(/C=C/c1cc2c(cc1[N+](=O)[O-])OCO2)N1CCN(Cc2ccncc2)CC1. The van der Waals surface area contributed by atoms with Gasteiger partial charge in [0.05, 0.1) is 16.6 Å². The first kappa shape index (κ1) is 18.9. The molecule has 29 heavy (non-hydrogen) atoms. The van der Waals surface area contributed by atoms with E-state index in [1.165, 1.54) is 29.8 Å². The summed E-state index contributed by atoms with van der Waals surface area (Å²) in [5, 5.41) is 11.3. The Labute approximate surface area is 167 Å². The van der Waals surface area contributed by atoms with Crippen LogP contribution in [0.3, 0.4) is 0 Å². The first-order valence-electron chi connectivity index (χ1n) is 9.26. The fourth-order valence-corrected chi connectivity index (χ4v) is 3.38. The number of nitrogens with zero attached hydrogens (tertiary/aromatic N) is 4. The van der Waals surface area contributed by atoms with Crippen molar-refractivity contribution in [3.05, 3.63) is 64.0 Å². The third-order valence-corrected chi connectivity index (χ3v) is 4.96. The molecule has 0 aliphatic carbocycles. The molecule has 0 radical (unpaired) electrons. The average Bonchev–Trinajstić information content (AvgIpc) is 3.20. The number of ether oxygens (including phenoxy) is 2. The van der Waals surface area contributed by atoms with Gasteiger partial charge in [0.1, 0.15) is 0 Å². The first-order valence-corrected chi connectivity index (χ1v) is 9.26. The molecule has 9 heteroatoms. The molecule has 1 saturated heterocycles. The number of nitro benzene ring substituents is 1. The summed E-state index contributed by atoms with van der Waals surface area (Å²) in [7, 11) is 0. The molecule has 1 amide bonds. The number of rotatable bonds is 5. The molecular formula is C20H20N4O5. The van der Waals surface area contributed by atoms with Crippen LogP contribution >= 0.6 is 0 Å². The summed E-state index contributed by atoms with van der Waals surface area (Å²) < 4.78 is 10.5. The van der Waals surface area contributed by atoms with E-state index in [0.29, 0.717) is 30.2 Å². The molecule has 0 atom stereocenters. The average molecular weight is 396 g/mol. The quantitative estimate of drug-likeness (QED) is 0.433. The van der Waals surface area contributed by atoms with E-state index in [1.54, 1.807) is 17.3 Å². The monoisotopic (exact) mass is 396 g/mol. The van der Waals surface area contributed by atoms with E-state index >= 15 is 0 Å². The topological polar surface area (TPSA) is 98.0 Å². The fourth-order valence-electron chi connectivity index (χ4n) is 3.38. The standard InChI is InChI=1S/C20H20N4O5/c25-20(23-9-7-22(8-10-23)13-15-3-5-21-6-4-15)2-1-16-11-18-19(29-14-28-18)12-17(16)24(26)27/h1-6,11-12H,7-10,13-14H2/b2-1+. The van der Waals surface area contributed by atoms with Crippen molar-refractivity contribution in [3.8, 4) is 11.5 Å². The van der Waals surface area contributed by atoms with Crippen molar-refractivity contribution in [1.82, 2.24) is 14.8 Å². The zero-order chi connectivity index (χ0) is 20.2. The summed E-state index contributed by atoms with van der Waals surface area (Å²) >= 11 is 0. The van der Waals surface area contributed by atoms with E-state index in [4.69, 9.17) is 9.47 Å². The minimum atomic E-state index is -0.496. The molecule has 1 aromatic heterocycles. The van der Waals surface area contributed by atoms with Crippen LogP contribution in [0.1, 0.15) is 11.1 Å². The van der Waals surface area contributed by atoms with Gasteiger partial charge in [-0.3, -0.25) is 24.8 Å². The van der Waals surface area contributed by atoms with Gasteiger partial charge in [-0.05, 0) is 29.8 Å². The van der Waals surface area contributed by atoms with Crippen molar-refractivity contribution in [3.63, 3.8) is 0 Å². The lowest BCUT2D eigenvalue weighted by Gasteiger charge is -2.34. The summed E-state index contributed by atoms with van der Waals surface area (Å²) in [4.78, 5) is 31.4. The Morgan fingerprint density at radius 3 is 2.52 bits per heavy atom. The fraction of sp³-hybridized carbons (Fsp3) is 0.300. The maximum Gasteiger partial charge on any atom is 0.280 e. The second kappa shape index (κ2) is 8.27. The lowest BCUT2D eigenvalue weighted by molar-refractivity contribution is -0.385. The van der Waals surface area contributed by atoms with Crippen molar-refractivity contribution in [1.29, 1.82) is 0 Å². The van der Waals surface area contributed by atoms with Gasteiger partial charge in [0.2, 0.25) is 12.7 Å². The van der Waals surface area contributed by atoms with E-state index in [0.717, 1.165) is 19.6 Å². The van der Waals surface area contributed by atoms with Gasteiger partial charge < -0.3 is 14.4 Å². The summed E-state index contributed by atoms with van der Waals surface area (Å²) in [6, 6.07) is 6.82. The predicted molar refractivity (Wildman–Crippen MR) is 104 cm³/mol. The van der Waals surface area contributed by atoms with Crippen molar-refractivity contribution < 1.29 is 19.2 Å². The molecule has 4 rings (SSSR count). The minimum Gasteiger partial charge on any atom is -0.454 e. The smallest absolute Gasteiger partial charge is 0.280 e. The van der Waals surface area contributed by atoms with Crippen LogP contribution in [0.25, 0.3) is 6.08 Å². The highest BCUT2D eigenvalue weighted by atomic mass is 16.7. The highest BCUT2D eigenvalue weighted by Crippen LogP contribution is 2.38. The van der Waals surface area contributed by atoms with Gasteiger partial charge in [-0.15, -0.1) is 0 Å². The van der Waals surface area contributed by atoms with Crippen LogP contribution in [0.5, 0.6) is 11.5 Å². The first-order chi connectivity index (χ1) is 14.1. The predicted octanol–water partition coefficient (Wildman–Crippen LogP) is 2.08. The van der Waals surface area contributed by atoms with Crippen LogP contribution in [0.15, 0.2) is 42.7 Å². The molecule has 1 aromatic carbocycles. The lowest BCUT2D eigenvalue weighted by atomic mass is 10.1. The molecule has 0 spiro atoms. The minimum absolute atomic E-state index is 0.0301. The molecule has 0 saturated carbocycles. The number of hydrogen-bond acceptors (Lipinski definition) is 7. The maximum absolute atomic E-state index is 12.5. The van der Waals surface area contributed by atoms with Crippen molar-refractivity contribution in [2.24, 2.45) is 0 Å². The largest absolute Gasteiger partial charge is 0.454 e. The van der Waals surface area contributed by atoms with Crippen LogP contribution in [-0.4, -0.2) is 58.6 Å². The van der Waals surface area contributed by atoms with Gasteiger partial charge in [0, 0.05) is 51.2 Å². The number of carbonyl (C=O) groups excluding carboxylic acids is 1. The lowest BCUT2D eigenvalue weighted by Crippen LogP contribution is -2.47. The number of pyridine rings is 1.